The number of halogens is 4. The van der Waals surface area contributed by atoms with E-state index in [1.165, 1.54) is 45.8 Å². The molecule has 0 saturated carbocycles. The standard InChI is InChI=1S/C26H19F4N5O2/c1-14(21-9-6-17(27)12-31-21)32-24(36)15-3-10-22-19(11-15)23-20(13-34(2)33-23)25(37)35(22)18-7-4-16(5-8-18)26(28,29)30/h3-14H,1-2H3,(H,32,36)/t14-/m0/s1. The van der Waals surface area contributed by atoms with Gasteiger partial charge in [0.25, 0.3) is 11.5 Å². The van der Waals surface area contributed by atoms with E-state index in [-0.39, 0.29) is 16.6 Å². The Morgan fingerprint density at radius 1 is 1.03 bits per heavy atom. The molecular formula is C26H19F4N5O2. The number of hydrogen-bond donors (Lipinski definition) is 1. The first kappa shape index (κ1) is 24.2. The van der Waals surface area contributed by atoms with Gasteiger partial charge in [0, 0.05) is 29.9 Å². The van der Waals surface area contributed by atoms with Gasteiger partial charge in [-0.15, -0.1) is 0 Å². The Balaban J connectivity index is 1.61. The SMILES string of the molecule is C[C@H](NC(=O)c1ccc2c(c1)c1nn(C)cc1c(=O)n2-c1ccc(C(F)(F)F)cc1)c1ccc(F)cn1. The van der Waals surface area contributed by atoms with Gasteiger partial charge in [-0.1, -0.05) is 0 Å². The average Bonchev–Trinajstić information content (AvgIpc) is 3.26. The lowest BCUT2D eigenvalue weighted by Crippen LogP contribution is -2.27. The van der Waals surface area contributed by atoms with E-state index < -0.39 is 35.1 Å². The molecule has 0 fully saturated rings. The van der Waals surface area contributed by atoms with Crippen molar-refractivity contribution in [3.63, 3.8) is 0 Å². The summed E-state index contributed by atoms with van der Waals surface area (Å²) in [5.41, 5.74) is 0.421. The fourth-order valence-electron chi connectivity index (χ4n) is 4.19. The summed E-state index contributed by atoms with van der Waals surface area (Å²) in [6.45, 7) is 1.71. The minimum Gasteiger partial charge on any atom is -0.344 e. The monoisotopic (exact) mass is 509 g/mol. The van der Waals surface area contributed by atoms with Crippen molar-refractivity contribution in [1.29, 1.82) is 0 Å². The van der Waals surface area contributed by atoms with Gasteiger partial charge in [-0.25, -0.2) is 4.39 Å². The van der Waals surface area contributed by atoms with Crippen molar-refractivity contribution in [3.8, 4) is 5.69 Å². The van der Waals surface area contributed by atoms with Crippen LogP contribution in [0.4, 0.5) is 17.6 Å². The molecule has 1 atom stereocenters. The second kappa shape index (κ2) is 8.84. The normalized spacial score (nSPS) is 12.7. The number of hydrogen-bond acceptors (Lipinski definition) is 4. The van der Waals surface area contributed by atoms with Gasteiger partial charge < -0.3 is 5.32 Å². The summed E-state index contributed by atoms with van der Waals surface area (Å²) in [6.07, 6.45) is -1.93. The van der Waals surface area contributed by atoms with Crippen LogP contribution in [-0.4, -0.2) is 25.2 Å². The molecule has 0 spiro atoms. The molecule has 1 amide bonds. The van der Waals surface area contributed by atoms with Crippen molar-refractivity contribution in [2.45, 2.75) is 19.1 Å². The van der Waals surface area contributed by atoms with Crippen LogP contribution in [-0.2, 0) is 13.2 Å². The molecule has 0 saturated heterocycles. The molecule has 5 aromatic rings. The lowest BCUT2D eigenvalue weighted by molar-refractivity contribution is -0.137. The lowest BCUT2D eigenvalue weighted by atomic mass is 10.1. The number of aryl methyl sites for hydroxylation is 1. The van der Waals surface area contributed by atoms with Crippen LogP contribution >= 0.6 is 0 Å². The molecule has 0 aliphatic carbocycles. The van der Waals surface area contributed by atoms with Crippen molar-refractivity contribution in [1.82, 2.24) is 24.6 Å². The van der Waals surface area contributed by atoms with Gasteiger partial charge in [-0.05, 0) is 61.5 Å². The van der Waals surface area contributed by atoms with Gasteiger partial charge in [0.05, 0.1) is 34.4 Å². The molecule has 3 aromatic heterocycles. The zero-order valence-electron chi connectivity index (χ0n) is 19.5. The number of alkyl halides is 3. The summed E-state index contributed by atoms with van der Waals surface area (Å²) in [5, 5.41) is 7.90. The lowest BCUT2D eigenvalue weighted by Gasteiger charge is -2.15. The summed E-state index contributed by atoms with van der Waals surface area (Å²) in [5.74, 6) is -0.924. The number of aromatic nitrogens is 4. The van der Waals surface area contributed by atoms with Gasteiger partial charge in [-0.2, -0.15) is 18.3 Å². The first-order chi connectivity index (χ1) is 17.5. The second-order valence-corrected chi connectivity index (χ2v) is 8.58. The largest absolute Gasteiger partial charge is 0.416 e. The molecular weight excluding hydrogens is 490 g/mol. The molecule has 3 heterocycles. The second-order valence-electron chi connectivity index (χ2n) is 8.58. The van der Waals surface area contributed by atoms with Gasteiger partial charge in [0.15, 0.2) is 0 Å². The molecule has 188 valence electrons. The van der Waals surface area contributed by atoms with Crippen LogP contribution in [0.1, 0.15) is 34.6 Å². The zero-order chi connectivity index (χ0) is 26.5. The first-order valence-corrected chi connectivity index (χ1v) is 11.1. The van der Waals surface area contributed by atoms with E-state index >= 15 is 0 Å². The Kier molecular flexibility index (Phi) is 5.77. The summed E-state index contributed by atoms with van der Waals surface area (Å²) >= 11 is 0. The number of fused-ring (bicyclic) bond motifs is 3. The molecule has 0 aliphatic heterocycles. The average molecular weight is 509 g/mol. The molecule has 0 radical (unpaired) electrons. The minimum absolute atomic E-state index is 0.238. The van der Waals surface area contributed by atoms with Crippen molar-refractivity contribution in [2.24, 2.45) is 7.05 Å². The smallest absolute Gasteiger partial charge is 0.344 e. The third-order valence-corrected chi connectivity index (χ3v) is 6.01. The van der Waals surface area contributed by atoms with Crippen LogP contribution in [0.25, 0.3) is 27.5 Å². The summed E-state index contributed by atoms with van der Waals surface area (Å²) in [7, 11) is 1.64. The summed E-state index contributed by atoms with van der Waals surface area (Å²) in [4.78, 5) is 30.4. The molecule has 0 aliphatic rings. The van der Waals surface area contributed by atoms with E-state index in [9.17, 15) is 27.2 Å². The molecule has 37 heavy (non-hydrogen) atoms. The van der Waals surface area contributed by atoms with Crippen molar-refractivity contribution >= 4 is 27.7 Å². The first-order valence-electron chi connectivity index (χ1n) is 11.1. The van der Waals surface area contributed by atoms with Gasteiger partial charge >= 0.3 is 6.18 Å². The van der Waals surface area contributed by atoms with Gasteiger partial charge in [0.2, 0.25) is 0 Å². The highest BCUT2D eigenvalue weighted by atomic mass is 19.4. The molecule has 5 rings (SSSR count). The predicted molar refractivity (Wildman–Crippen MR) is 129 cm³/mol. The van der Waals surface area contributed by atoms with E-state index in [2.05, 4.69) is 15.4 Å². The Bertz CT molecular complexity index is 1700. The fraction of sp³-hybridized carbons (Fsp3) is 0.154. The van der Waals surface area contributed by atoms with E-state index in [4.69, 9.17) is 0 Å². The quantitative estimate of drug-likeness (QED) is 0.349. The Morgan fingerprint density at radius 2 is 1.76 bits per heavy atom. The number of nitrogens with zero attached hydrogens (tertiary/aromatic N) is 4. The van der Waals surface area contributed by atoms with Crippen LogP contribution in [0.3, 0.4) is 0 Å². The number of rotatable bonds is 4. The number of pyridine rings is 2. The van der Waals surface area contributed by atoms with Gasteiger partial charge in [-0.3, -0.25) is 23.8 Å². The number of nitrogens with one attached hydrogen (secondary N) is 1. The van der Waals surface area contributed by atoms with E-state index in [1.54, 1.807) is 26.1 Å². The Hall–Kier alpha value is -4.54. The van der Waals surface area contributed by atoms with E-state index in [1.807, 2.05) is 0 Å². The molecule has 11 heteroatoms. The highest BCUT2D eigenvalue weighted by Crippen LogP contribution is 2.31. The topological polar surface area (TPSA) is 81.8 Å². The molecule has 0 unspecified atom stereocenters. The highest BCUT2D eigenvalue weighted by Gasteiger charge is 2.30. The molecule has 2 aromatic carbocycles. The number of carbonyl (C=O) groups is 1. The van der Waals surface area contributed by atoms with Crippen LogP contribution in [0, 0.1) is 5.82 Å². The van der Waals surface area contributed by atoms with E-state index in [0.717, 1.165) is 18.3 Å². The zero-order valence-corrected chi connectivity index (χ0v) is 19.5. The maximum atomic E-state index is 13.4. The van der Waals surface area contributed by atoms with Crippen molar-refractivity contribution < 1.29 is 22.4 Å². The number of amides is 1. The Morgan fingerprint density at radius 3 is 2.41 bits per heavy atom. The summed E-state index contributed by atoms with van der Waals surface area (Å²) in [6, 6.07) is 11.1. The molecule has 1 N–H and O–H groups in total. The van der Waals surface area contributed by atoms with Gasteiger partial charge in [0.1, 0.15) is 11.3 Å². The number of carbonyl (C=O) groups excluding carboxylic acids is 1. The maximum absolute atomic E-state index is 13.4. The van der Waals surface area contributed by atoms with Crippen LogP contribution in [0.2, 0.25) is 0 Å². The van der Waals surface area contributed by atoms with Crippen molar-refractivity contribution in [2.75, 3.05) is 0 Å². The predicted octanol–water partition coefficient (Wildman–Crippen LogP) is 4.92. The van der Waals surface area contributed by atoms with Crippen LogP contribution < -0.4 is 10.9 Å². The Labute approximate surface area is 207 Å². The summed E-state index contributed by atoms with van der Waals surface area (Å²) < 4.78 is 55.1. The van der Waals surface area contributed by atoms with E-state index in [0.29, 0.717) is 22.1 Å². The number of benzene rings is 2. The molecule has 0 bridgehead atoms. The highest BCUT2D eigenvalue weighted by molar-refractivity contribution is 6.07. The molecule has 7 nitrogen and oxygen atoms in total. The van der Waals surface area contributed by atoms with Crippen molar-refractivity contribution in [3.05, 3.63) is 100.0 Å². The van der Waals surface area contributed by atoms with Crippen LogP contribution in [0.15, 0.2) is 71.8 Å². The minimum atomic E-state index is -4.51. The third-order valence-electron chi connectivity index (χ3n) is 6.01. The third kappa shape index (κ3) is 4.44. The van der Waals surface area contributed by atoms with Crippen LogP contribution in [0.5, 0.6) is 0 Å². The maximum Gasteiger partial charge on any atom is 0.416 e. The fourth-order valence-corrected chi connectivity index (χ4v) is 4.19.